The third-order valence-electron chi connectivity index (χ3n) is 2.08. The fourth-order valence-corrected chi connectivity index (χ4v) is 1.32. The number of allylic oxidation sites excluding steroid dienone is 1. The number of carbonyl (C=O) groups is 1. The van der Waals surface area contributed by atoms with E-state index in [1.54, 1.807) is 24.5 Å². The molecule has 16 heavy (non-hydrogen) atoms. The first-order valence-corrected chi connectivity index (χ1v) is 4.89. The van der Waals surface area contributed by atoms with Crippen molar-refractivity contribution in [1.82, 2.24) is 9.97 Å². The standard InChI is InChI=1S/C13H10N2O/c16-10-11(13-6-2-4-8-15-13)9-12-5-1-3-7-14-12/h1-10H. The van der Waals surface area contributed by atoms with Gasteiger partial charge in [0.1, 0.15) is 0 Å². The van der Waals surface area contributed by atoms with Crippen molar-refractivity contribution in [3.63, 3.8) is 0 Å². The Hall–Kier alpha value is -2.29. The van der Waals surface area contributed by atoms with E-state index >= 15 is 0 Å². The van der Waals surface area contributed by atoms with E-state index in [0.717, 1.165) is 12.0 Å². The number of pyridine rings is 2. The fraction of sp³-hybridized carbons (Fsp3) is 0. The summed E-state index contributed by atoms with van der Waals surface area (Å²) in [5, 5.41) is 0. The van der Waals surface area contributed by atoms with Gasteiger partial charge in [0.15, 0.2) is 6.29 Å². The number of aromatic nitrogens is 2. The molecule has 2 heterocycles. The summed E-state index contributed by atoms with van der Waals surface area (Å²) in [7, 11) is 0. The second-order valence-corrected chi connectivity index (χ2v) is 3.19. The molecular weight excluding hydrogens is 200 g/mol. The Kier molecular flexibility index (Phi) is 3.18. The predicted octanol–water partition coefficient (Wildman–Crippen LogP) is 2.22. The summed E-state index contributed by atoms with van der Waals surface area (Å²) >= 11 is 0. The monoisotopic (exact) mass is 210 g/mol. The maximum atomic E-state index is 11.0. The smallest absolute Gasteiger partial charge is 0.152 e. The van der Waals surface area contributed by atoms with E-state index in [-0.39, 0.29) is 0 Å². The minimum absolute atomic E-state index is 0.527. The molecule has 0 aliphatic heterocycles. The highest BCUT2D eigenvalue weighted by Gasteiger charge is 2.01. The van der Waals surface area contributed by atoms with Gasteiger partial charge in [-0.15, -0.1) is 0 Å². The van der Waals surface area contributed by atoms with E-state index in [2.05, 4.69) is 9.97 Å². The van der Waals surface area contributed by atoms with Crippen LogP contribution in [0, 0.1) is 0 Å². The molecule has 3 nitrogen and oxygen atoms in total. The summed E-state index contributed by atoms with van der Waals surface area (Å²) in [4.78, 5) is 19.2. The highest BCUT2D eigenvalue weighted by molar-refractivity contribution is 6.12. The maximum Gasteiger partial charge on any atom is 0.152 e. The van der Waals surface area contributed by atoms with Crippen molar-refractivity contribution < 1.29 is 4.79 Å². The van der Waals surface area contributed by atoms with Gasteiger partial charge in [0.25, 0.3) is 0 Å². The summed E-state index contributed by atoms with van der Waals surface area (Å²) in [6, 6.07) is 11.0. The molecule has 0 saturated heterocycles. The fourth-order valence-electron chi connectivity index (χ4n) is 1.32. The molecule has 0 bridgehead atoms. The van der Waals surface area contributed by atoms with Gasteiger partial charge in [-0.3, -0.25) is 14.8 Å². The summed E-state index contributed by atoms with van der Waals surface area (Å²) < 4.78 is 0. The Labute approximate surface area is 93.5 Å². The number of carbonyl (C=O) groups excluding carboxylic acids is 1. The molecule has 3 heteroatoms. The molecule has 2 aromatic heterocycles. The Bertz CT molecular complexity index is 492. The van der Waals surface area contributed by atoms with Gasteiger partial charge in [0.2, 0.25) is 0 Å². The predicted molar refractivity (Wildman–Crippen MR) is 62.4 cm³/mol. The van der Waals surface area contributed by atoms with Gasteiger partial charge >= 0.3 is 0 Å². The van der Waals surface area contributed by atoms with Gasteiger partial charge in [-0.05, 0) is 30.3 Å². The molecule has 0 amide bonds. The molecule has 0 atom stereocenters. The number of aldehydes is 1. The molecule has 0 unspecified atom stereocenters. The lowest BCUT2D eigenvalue weighted by atomic mass is 10.1. The number of hydrogen-bond acceptors (Lipinski definition) is 3. The zero-order valence-electron chi connectivity index (χ0n) is 8.58. The van der Waals surface area contributed by atoms with E-state index in [9.17, 15) is 4.79 Å². The zero-order chi connectivity index (χ0) is 11.2. The molecule has 0 radical (unpaired) electrons. The Morgan fingerprint density at radius 3 is 2.31 bits per heavy atom. The van der Waals surface area contributed by atoms with E-state index in [4.69, 9.17) is 0 Å². The normalized spacial score (nSPS) is 11.1. The quantitative estimate of drug-likeness (QED) is 0.576. The van der Waals surface area contributed by atoms with Crippen molar-refractivity contribution in [3.8, 4) is 0 Å². The topological polar surface area (TPSA) is 42.9 Å². The summed E-state index contributed by atoms with van der Waals surface area (Å²) in [5.41, 5.74) is 1.93. The highest BCUT2D eigenvalue weighted by atomic mass is 16.1. The summed E-state index contributed by atoms with van der Waals surface area (Å²) in [6.07, 6.45) is 5.85. The summed E-state index contributed by atoms with van der Waals surface area (Å²) in [5.74, 6) is 0. The van der Waals surface area contributed by atoms with E-state index < -0.39 is 0 Å². The number of hydrogen-bond donors (Lipinski definition) is 0. The second kappa shape index (κ2) is 4.98. The molecule has 78 valence electrons. The van der Waals surface area contributed by atoms with Crippen LogP contribution in [0.2, 0.25) is 0 Å². The van der Waals surface area contributed by atoms with Crippen LogP contribution in [0.25, 0.3) is 11.6 Å². The zero-order valence-corrected chi connectivity index (χ0v) is 8.58. The van der Waals surface area contributed by atoms with Gasteiger partial charge in [-0.2, -0.15) is 0 Å². The molecule has 0 fully saturated rings. The van der Waals surface area contributed by atoms with Crippen LogP contribution >= 0.6 is 0 Å². The van der Waals surface area contributed by atoms with E-state index in [1.165, 1.54) is 0 Å². The first-order valence-electron chi connectivity index (χ1n) is 4.89. The van der Waals surface area contributed by atoms with Crippen LogP contribution in [0.3, 0.4) is 0 Å². The average Bonchev–Trinajstić information content (AvgIpc) is 2.38. The van der Waals surface area contributed by atoms with Gasteiger partial charge in [-0.25, -0.2) is 0 Å². The lowest BCUT2D eigenvalue weighted by molar-refractivity contribution is -0.103. The van der Waals surface area contributed by atoms with Crippen molar-refractivity contribution >= 4 is 17.9 Å². The lowest BCUT2D eigenvalue weighted by Gasteiger charge is -1.98. The molecule has 2 rings (SSSR count). The van der Waals surface area contributed by atoms with Crippen LogP contribution in [0.1, 0.15) is 11.4 Å². The van der Waals surface area contributed by atoms with Crippen molar-refractivity contribution in [1.29, 1.82) is 0 Å². The Morgan fingerprint density at radius 1 is 1.00 bits per heavy atom. The second-order valence-electron chi connectivity index (χ2n) is 3.19. The van der Waals surface area contributed by atoms with Crippen LogP contribution in [0.15, 0.2) is 48.8 Å². The molecule has 0 spiro atoms. The lowest BCUT2D eigenvalue weighted by Crippen LogP contribution is -1.90. The van der Waals surface area contributed by atoms with Crippen LogP contribution < -0.4 is 0 Å². The van der Waals surface area contributed by atoms with Crippen LogP contribution in [-0.4, -0.2) is 16.3 Å². The largest absolute Gasteiger partial charge is 0.298 e. The van der Waals surface area contributed by atoms with Gasteiger partial charge in [0.05, 0.1) is 11.4 Å². The Morgan fingerprint density at radius 2 is 1.75 bits per heavy atom. The highest BCUT2D eigenvalue weighted by Crippen LogP contribution is 2.12. The number of nitrogens with zero attached hydrogens (tertiary/aromatic N) is 2. The summed E-state index contributed by atoms with van der Waals surface area (Å²) in [6.45, 7) is 0. The number of rotatable bonds is 3. The molecule has 2 aromatic rings. The van der Waals surface area contributed by atoms with E-state index in [0.29, 0.717) is 11.3 Å². The molecule has 0 aliphatic rings. The van der Waals surface area contributed by atoms with Crippen molar-refractivity contribution in [2.75, 3.05) is 0 Å². The van der Waals surface area contributed by atoms with Crippen molar-refractivity contribution in [2.45, 2.75) is 0 Å². The minimum Gasteiger partial charge on any atom is -0.298 e. The molecule has 0 N–H and O–H groups in total. The maximum absolute atomic E-state index is 11.0. The third kappa shape index (κ3) is 2.39. The molecule has 0 aromatic carbocycles. The van der Waals surface area contributed by atoms with Crippen molar-refractivity contribution in [2.24, 2.45) is 0 Å². The minimum atomic E-state index is 0.527. The van der Waals surface area contributed by atoms with Crippen molar-refractivity contribution in [3.05, 3.63) is 60.2 Å². The molecule has 0 saturated carbocycles. The van der Waals surface area contributed by atoms with Crippen LogP contribution in [0.4, 0.5) is 0 Å². The van der Waals surface area contributed by atoms with Crippen LogP contribution in [0.5, 0.6) is 0 Å². The van der Waals surface area contributed by atoms with Gasteiger partial charge in [0, 0.05) is 18.0 Å². The third-order valence-corrected chi connectivity index (χ3v) is 2.08. The van der Waals surface area contributed by atoms with Crippen LogP contribution in [-0.2, 0) is 4.79 Å². The first-order chi connectivity index (χ1) is 7.90. The van der Waals surface area contributed by atoms with E-state index in [1.807, 2.05) is 30.3 Å². The van der Waals surface area contributed by atoms with Gasteiger partial charge in [-0.1, -0.05) is 12.1 Å². The van der Waals surface area contributed by atoms with Gasteiger partial charge < -0.3 is 0 Å². The SMILES string of the molecule is O=CC(=Cc1ccccn1)c1ccccn1. The first kappa shape index (κ1) is 10.2. The Balaban J connectivity index is 2.38. The average molecular weight is 210 g/mol. The molecular formula is C13H10N2O. The molecule has 0 aliphatic carbocycles.